The lowest BCUT2D eigenvalue weighted by Gasteiger charge is -2.31. The van der Waals surface area contributed by atoms with Gasteiger partial charge in [-0.15, -0.1) is 0 Å². The van der Waals surface area contributed by atoms with E-state index in [0.29, 0.717) is 18.2 Å². The number of amides is 1. The number of hydrogen-bond donors (Lipinski definition) is 1. The summed E-state index contributed by atoms with van der Waals surface area (Å²) in [6.45, 7) is 5.81. The first-order chi connectivity index (χ1) is 10.5. The highest BCUT2D eigenvalue weighted by Gasteiger charge is 2.24. The van der Waals surface area contributed by atoms with Gasteiger partial charge in [0.05, 0.1) is 17.9 Å². The van der Waals surface area contributed by atoms with Crippen molar-refractivity contribution in [3.05, 3.63) is 46.7 Å². The molecule has 6 heteroatoms. The molecule has 1 amide bonds. The van der Waals surface area contributed by atoms with E-state index in [-0.39, 0.29) is 11.9 Å². The van der Waals surface area contributed by atoms with Crippen LogP contribution in [0.1, 0.15) is 18.2 Å². The zero-order valence-electron chi connectivity index (χ0n) is 12.7. The van der Waals surface area contributed by atoms with Crippen molar-refractivity contribution < 1.29 is 4.79 Å². The number of nitrogens with one attached hydrogen (secondary N) is 1. The second kappa shape index (κ2) is 6.10. The monoisotopic (exact) mass is 318 g/mol. The standard InChI is InChI=1S/C16H19ClN4O/c1-11-8-20(10-15(22)18-11)9-14-12(2)19-21(16(14)17)13-6-4-3-5-7-13/h3-7,11H,8-10H2,1-2H3,(H,18,22). The summed E-state index contributed by atoms with van der Waals surface area (Å²) in [6.07, 6.45) is 0. The molecular formula is C16H19ClN4O. The quantitative estimate of drug-likeness (QED) is 0.943. The Hall–Kier alpha value is -1.85. The molecule has 1 aromatic carbocycles. The van der Waals surface area contributed by atoms with E-state index in [0.717, 1.165) is 23.5 Å². The van der Waals surface area contributed by atoms with Gasteiger partial charge in [-0.3, -0.25) is 9.69 Å². The first-order valence-electron chi connectivity index (χ1n) is 7.35. The molecule has 3 rings (SSSR count). The Bertz CT molecular complexity index is 683. The molecule has 0 saturated carbocycles. The Morgan fingerprint density at radius 1 is 1.36 bits per heavy atom. The number of aromatic nitrogens is 2. The van der Waals surface area contributed by atoms with Crippen LogP contribution in [-0.4, -0.2) is 39.7 Å². The smallest absolute Gasteiger partial charge is 0.234 e. The first kappa shape index (κ1) is 15.1. The Morgan fingerprint density at radius 3 is 2.77 bits per heavy atom. The summed E-state index contributed by atoms with van der Waals surface area (Å²) in [5.74, 6) is 0.0583. The summed E-state index contributed by atoms with van der Waals surface area (Å²) < 4.78 is 1.75. The third-order valence-corrected chi connectivity index (χ3v) is 4.20. The predicted molar refractivity (Wildman–Crippen MR) is 86.2 cm³/mol. The van der Waals surface area contributed by atoms with Crippen LogP contribution in [0.25, 0.3) is 5.69 Å². The van der Waals surface area contributed by atoms with Gasteiger partial charge in [0, 0.05) is 24.7 Å². The van der Waals surface area contributed by atoms with Crippen molar-refractivity contribution in [3.8, 4) is 5.69 Å². The van der Waals surface area contributed by atoms with Crippen LogP contribution in [0.15, 0.2) is 30.3 Å². The molecular weight excluding hydrogens is 300 g/mol. The van der Waals surface area contributed by atoms with Gasteiger partial charge in [0.1, 0.15) is 5.15 Å². The fraction of sp³-hybridized carbons (Fsp3) is 0.375. The van der Waals surface area contributed by atoms with Gasteiger partial charge in [0.25, 0.3) is 0 Å². The molecule has 0 aliphatic carbocycles. The van der Waals surface area contributed by atoms with E-state index in [9.17, 15) is 4.79 Å². The van der Waals surface area contributed by atoms with Gasteiger partial charge < -0.3 is 5.32 Å². The number of carbonyl (C=O) groups excluding carboxylic acids is 1. The minimum absolute atomic E-state index is 0.0583. The molecule has 1 aromatic heterocycles. The second-order valence-electron chi connectivity index (χ2n) is 5.74. The summed E-state index contributed by atoms with van der Waals surface area (Å²) in [4.78, 5) is 13.8. The molecule has 1 fully saturated rings. The Labute approximate surface area is 134 Å². The van der Waals surface area contributed by atoms with Crippen LogP contribution >= 0.6 is 11.6 Å². The molecule has 0 radical (unpaired) electrons. The van der Waals surface area contributed by atoms with E-state index >= 15 is 0 Å². The van der Waals surface area contributed by atoms with Crippen molar-refractivity contribution in [1.82, 2.24) is 20.0 Å². The fourth-order valence-corrected chi connectivity index (χ4v) is 3.15. The zero-order valence-corrected chi connectivity index (χ0v) is 13.5. The molecule has 1 unspecified atom stereocenters. The Balaban J connectivity index is 1.86. The highest BCUT2D eigenvalue weighted by Crippen LogP contribution is 2.25. The van der Waals surface area contributed by atoms with Crippen molar-refractivity contribution in [1.29, 1.82) is 0 Å². The maximum atomic E-state index is 11.7. The van der Waals surface area contributed by atoms with Crippen LogP contribution in [0.3, 0.4) is 0 Å². The summed E-state index contributed by atoms with van der Waals surface area (Å²) >= 11 is 6.53. The topological polar surface area (TPSA) is 50.2 Å². The Kier molecular flexibility index (Phi) is 4.18. The van der Waals surface area contributed by atoms with Gasteiger partial charge in [-0.05, 0) is 26.0 Å². The fourth-order valence-electron chi connectivity index (χ4n) is 2.82. The maximum Gasteiger partial charge on any atom is 0.234 e. The number of aryl methyl sites for hydroxylation is 1. The number of benzene rings is 1. The number of nitrogens with zero attached hydrogens (tertiary/aromatic N) is 3. The molecule has 0 bridgehead atoms. The SMILES string of the molecule is Cc1nn(-c2ccccc2)c(Cl)c1CN1CC(=O)NC(C)C1. The summed E-state index contributed by atoms with van der Waals surface area (Å²) in [6, 6.07) is 9.97. The molecule has 22 heavy (non-hydrogen) atoms. The number of rotatable bonds is 3. The maximum absolute atomic E-state index is 11.7. The lowest BCUT2D eigenvalue weighted by atomic mass is 10.2. The first-order valence-corrected chi connectivity index (χ1v) is 7.73. The second-order valence-corrected chi connectivity index (χ2v) is 6.10. The molecule has 116 valence electrons. The molecule has 1 atom stereocenters. The molecule has 1 N–H and O–H groups in total. The van der Waals surface area contributed by atoms with E-state index in [4.69, 9.17) is 11.6 Å². The van der Waals surface area contributed by atoms with Crippen molar-refractivity contribution in [2.24, 2.45) is 0 Å². The largest absolute Gasteiger partial charge is 0.351 e. The summed E-state index contributed by atoms with van der Waals surface area (Å²) in [7, 11) is 0. The van der Waals surface area contributed by atoms with Crippen LogP contribution in [0.5, 0.6) is 0 Å². The minimum atomic E-state index is 0.0583. The average Bonchev–Trinajstić information content (AvgIpc) is 2.75. The molecule has 1 saturated heterocycles. The highest BCUT2D eigenvalue weighted by atomic mass is 35.5. The van der Waals surface area contributed by atoms with Gasteiger partial charge >= 0.3 is 0 Å². The van der Waals surface area contributed by atoms with Crippen molar-refractivity contribution >= 4 is 17.5 Å². The van der Waals surface area contributed by atoms with Crippen LogP contribution in [0, 0.1) is 6.92 Å². The normalized spacial score (nSPS) is 19.2. The van der Waals surface area contributed by atoms with E-state index in [1.54, 1.807) is 4.68 Å². The van der Waals surface area contributed by atoms with Crippen LogP contribution < -0.4 is 5.32 Å². The lowest BCUT2D eigenvalue weighted by molar-refractivity contribution is -0.125. The van der Waals surface area contributed by atoms with Crippen molar-refractivity contribution in [2.45, 2.75) is 26.4 Å². The molecule has 2 aromatic rings. The van der Waals surface area contributed by atoms with Crippen LogP contribution in [0.2, 0.25) is 5.15 Å². The molecule has 2 heterocycles. The number of piperazine rings is 1. The van der Waals surface area contributed by atoms with Crippen molar-refractivity contribution in [3.63, 3.8) is 0 Å². The highest BCUT2D eigenvalue weighted by molar-refractivity contribution is 6.30. The molecule has 5 nitrogen and oxygen atoms in total. The Morgan fingerprint density at radius 2 is 2.09 bits per heavy atom. The summed E-state index contributed by atoms with van der Waals surface area (Å²) in [5.41, 5.74) is 2.81. The minimum Gasteiger partial charge on any atom is -0.351 e. The van der Waals surface area contributed by atoms with Crippen LogP contribution in [0.4, 0.5) is 0 Å². The average molecular weight is 319 g/mol. The van der Waals surface area contributed by atoms with Gasteiger partial charge in [0.2, 0.25) is 5.91 Å². The van der Waals surface area contributed by atoms with Crippen LogP contribution in [-0.2, 0) is 11.3 Å². The molecule has 1 aliphatic rings. The van der Waals surface area contributed by atoms with E-state index in [1.165, 1.54) is 0 Å². The lowest BCUT2D eigenvalue weighted by Crippen LogP contribution is -2.52. The van der Waals surface area contributed by atoms with Crippen molar-refractivity contribution in [2.75, 3.05) is 13.1 Å². The third kappa shape index (κ3) is 3.00. The zero-order chi connectivity index (χ0) is 15.7. The van der Waals surface area contributed by atoms with Gasteiger partial charge in [0.15, 0.2) is 0 Å². The number of carbonyl (C=O) groups is 1. The van der Waals surface area contributed by atoms with E-state index < -0.39 is 0 Å². The third-order valence-electron chi connectivity index (χ3n) is 3.81. The van der Waals surface area contributed by atoms with Gasteiger partial charge in [-0.1, -0.05) is 29.8 Å². The molecule has 0 spiro atoms. The van der Waals surface area contributed by atoms with Gasteiger partial charge in [-0.25, -0.2) is 4.68 Å². The van der Waals surface area contributed by atoms with Gasteiger partial charge in [-0.2, -0.15) is 5.10 Å². The number of para-hydroxylation sites is 1. The van der Waals surface area contributed by atoms with E-state index in [2.05, 4.69) is 15.3 Å². The summed E-state index contributed by atoms with van der Waals surface area (Å²) in [5, 5.41) is 8.08. The molecule has 1 aliphatic heterocycles. The number of hydrogen-bond acceptors (Lipinski definition) is 3. The van der Waals surface area contributed by atoms with E-state index in [1.807, 2.05) is 44.2 Å². The number of halogens is 1. The predicted octanol–water partition coefficient (Wildman–Crippen LogP) is 2.15.